The average Bonchev–Trinajstić information content (AvgIpc) is 2.87. The maximum absolute atomic E-state index is 13.1. The Bertz CT molecular complexity index is 1270. The van der Waals surface area contributed by atoms with Gasteiger partial charge in [-0.3, -0.25) is 9.59 Å². The second-order valence-electron chi connectivity index (χ2n) is 8.39. The third-order valence-corrected chi connectivity index (χ3v) is 6.12. The first kappa shape index (κ1) is 28.1. The van der Waals surface area contributed by atoms with Crippen molar-refractivity contribution in [3.63, 3.8) is 0 Å². The first-order chi connectivity index (χ1) is 17.7. The number of rotatable bonds is 10. The number of amides is 2. The third-order valence-electron chi connectivity index (χ3n) is 5.28. The van der Waals surface area contributed by atoms with Crippen molar-refractivity contribution in [2.45, 2.75) is 26.5 Å². The molecule has 37 heavy (non-hydrogen) atoms. The van der Waals surface area contributed by atoms with Crippen LogP contribution >= 0.6 is 27.5 Å². The fourth-order valence-electron chi connectivity index (χ4n) is 3.29. The Balaban J connectivity index is 1.65. The number of carbonyl (C=O) groups is 2. The number of carbonyl (C=O) groups excluding carboxylic acids is 2. The maximum Gasteiger partial charge on any atom is 0.262 e. The van der Waals surface area contributed by atoms with Crippen molar-refractivity contribution in [2.75, 3.05) is 7.11 Å². The van der Waals surface area contributed by atoms with E-state index < -0.39 is 23.7 Å². The zero-order chi connectivity index (χ0) is 26.9. The molecule has 0 bridgehead atoms. The first-order valence-electron chi connectivity index (χ1n) is 11.3. The molecule has 3 aromatic rings. The Morgan fingerprint density at radius 1 is 1.11 bits per heavy atom. The molecule has 3 rings (SSSR count). The number of nitrogens with one attached hydrogen (secondary N) is 2. The molecule has 194 valence electrons. The van der Waals surface area contributed by atoms with Crippen LogP contribution in [-0.4, -0.2) is 31.2 Å². The summed E-state index contributed by atoms with van der Waals surface area (Å²) in [5.74, 6) is -0.652. The highest BCUT2D eigenvalue weighted by molar-refractivity contribution is 9.10. The lowest BCUT2D eigenvalue weighted by Gasteiger charge is -2.20. The summed E-state index contributed by atoms with van der Waals surface area (Å²) in [5, 5.41) is 7.34. The minimum atomic E-state index is -0.848. The highest BCUT2D eigenvalue weighted by Gasteiger charge is 2.24. The van der Waals surface area contributed by atoms with Crippen LogP contribution < -0.4 is 20.2 Å². The molecule has 2 N–H and O–H groups in total. The molecule has 0 aliphatic heterocycles. The van der Waals surface area contributed by atoms with Crippen LogP contribution in [0.5, 0.6) is 11.5 Å². The van der Waals surface area contributed by atoms with Gasteiger partial charge in [0.25, 0.3) is 11.8 Å². The minimum Gasteiger partial charge on any atom is -0.493 e. The lowest BCUT2D eigenvalue weighted by atomic mass is 10.0. The second kappa shape index (κ2) is 13.2. The number of halogens is 3. The van der Waals surface area contributed by atoms with Crippen molar-refractivity contribution >= 4 is 45.6 Å². The molecule has 2 amide bonds. The molecule has 0 aliphatic rings. The van der Waals surface area contributed by atoms with Crippen LogP contribution in [0.4, 0.5) is 4.39 Å². The molecule has 1 atom stereocenters. The van der Waals surface area contributed by atoms with Crippen LogP contribution in [0.2, 0.25) is 5.02 Å². The van der Waals surface area contributed by atoms with Gasteiger partial charge in [0.1, 0.15) is 18.5 Å². The molecule has 0 aliphatic carbocycles. The maximum atomic E-state index is 13.1. The van der Waals surface area contributed by atoms with Gasteiger partial charge in [0.2, 0.25) is 0 Å². The van der Waals surface area contributed by atoms with E-state index in [9.17, 15) is 14.0 Å². The molecule has 0 heterocycles. The largest absolute Gasteiger partial charge is 0.493 e. The molecule has 0 saturated carbocycles. The quantitative estimate of drug-likeness (QED) is 0.233. The van der Waals surface area contributed by atoms with Crippen LogP contribution in [0.25, 0.3) is 0 Å². The summed E-state index contributed by atoms with van der Waals surface area (Å²) in [7, 11) is 1.52. The van der Waals surface area contributed by atoms with Crippen molar-refractivity contribution in [1.82, 2.24) is 10.7 Å². The summed E-state index contributed by atoms with van der Waals surface area (Å²) in [6.07, 6.45) is 1.45. The molecule has 0 radical (unpaired) electrons. The summed E-state index contributed by atoms with van der Waals surface area (Å²) >= 11 is 9.42. The molecule has 0 fully saturated rings. The first-order valence-corrected chi connectivity index (χ1v) is 12.5. The minimum absolute atomic E-state index is 0.217. The number of methoxy groups -OCH3 is 1. The second-order valence-corrected chi connectivity index (χ2v) is 9.68. The Labute approximate surface area is 228 Å². The normalized spacial score (nSPS) is 11.9. The predicted octanol–water partition coefficient (Wildman–Crippen LogP) is 5.73. The van der Waals surface area contributed by atoms with Gasteiger partial charge in [0, 0.05) is 10.6 Å². The van der Waals surface area contributed by atoms with Crippen LogP contribution in [0.1, 0.15) is 35.3 Å². The van der Waals surface area contributed by atoms with Gasteiger partial charge >= 0.3 is 0 Å². The van der Waals surface area contributed by atoms with E-state index in [0.29, 0.717) is 33.2 Å². The van der Waals surface area contributed by atoms with E-state index in [2.05, 4.69) is 31.8 Å². The number of hydrogen-bond donors (Lipinski definition) is 2. The van der Waals surface area contributed by atoms with Gasteiger partial charge in [-0.25, -0.2) is 9.82 Å². The van der Waals surface area contributed by atoms with Crippen molar-refractivity contribution < 1.29 is 23.5 Å². The summed E-state index contributed by atoms with van der Waals surface area (Å²) in [6, 6.07) is 15.0. The van der Waals surface area contributed by atoms with E-state index in [1.807, 2.05) is 12.1 Å². The smallest absolute Gasteiger partial charge is 0.262 e. The highest BCUT2D eigenvalue weighted by Crippen LogP contribution is 2.37. The number of nitrogens with zero attached hydrogens (tertiary/aromatic N) is 1. The number of hydrogen-bond acceptors (Lipinski definition) is 5. The lowest BCUT2D eigenvalue weighted by molar-refractivity contribution is -0.123. The number of ether oxygens (including phenoxy) is 2. The Hall–Kier alpha value is -3.43. The van der Waals surface area contributed by atoms with E-state index in [4.69, 9.17) is 21.1 Å². The van der Waals surface area contributed by atoms with Crippen molar-refractivity contribution in [1.29, 1.82) is 0 Å². The SMILES string of the molecule is COc1cc(C=NNC(=O)C(NC(=O)c2ccc(F)cc2)C(C)C)cc(Br)c1OCc1ccc(Cl)cc1. The van der Waals surface area contributed by atoms with Crippen LogP contribution in [0.15, 0.2) is 70.2 Å². The molecule has 0 aromatic heterocycles. The predicted molar refractivity (Wildman–Crippen MR) is 145 cm³/mol. The van der Waals surface area contributed by atoms with Gasteiger partial charge in [-0.05, 0) is 81.5 Å². The van der Waals surface area contributed by atoms with Gasteiger partial charge in [-0.1, -0.05) is 37.6 Å². The number of benzene rings is 3. The van der Waals surface area contributed by atoms with E-state index in [0.717, 1.165) is 5.56 Å². The molecule has 3 aromatic carbocycles. The average molecular weight is 591 g/mol. The van der Waals surface area contributed by atoms with Gasteiger partial charge in [-0.15, -0.1) is 0 Å². The third kappa shape index (κ3) is 8.03. The van der Waals surface area contributed by atoms with Crippen molar-refractivity contribution in [2.24, 2.45) is 11.0 Å². The standard InChI is InChI=1S/C27H26BrClFN3O4/c1-16(2)24(32-26(34)19-6-10-21(30)11-7-19)27(35)33-31-14-18-12-22(28)25(23(13-18)36-3)37-15-17-4-8-20(29)9-5-17/h4-14,16,24H,15H2,1-3H3,(H,32,34)(H,33,35). The molecule has 7 nitrogen and oxygen atoms in total. The molecular formula is C27H26BrClFN3O4. The summed E-state index contributed by atoms with van der Waals surface area (Å²) in [5.41, 5.74) is 4.29. The fraction of sp³-hybridized carbons (Fsp3) is 0.222. The highest BCUT2D eigenvalue weighted by atomic mass is 79.9. The van der Waals surface area contributed by atoms with Crippen LogP contribution in [0.3, 0.4) is 0 Å². The Morgan fingerprint density at radius 2 is 1.78 bits per heavy atom. The Morgan fingerprint density at radius 3 is 2.41 bits per heavy atom. The molecular weight excluding hydrogens is 565 g/mol. The summed E-state index contributed by atoms with van der Waals surface area (Å²) < 4.78 is 25.2. The van der Waals surface area contributed by atoms with E-state index in [1.54, 1.807) is 38.1 Å². The Kier molecular flexibility index (Phi) is 10.0. The molecule has 0 saturated heterocycles. The topological polar surface area (TPSA) is 89.0 Å². The van der Waals surface area contributed by atoms with Gasteiger partial charge in [0.05, 0.1) is 17.8 Å². The van der Waals surface area contributed by atoms with Crippen LogP contribution in [0, 0.1) is 11.7 Å². The van der Waals surface area contributed by atoms with Crippen LogP contribution in [-0.2, 0) is 11.4 Å². The van der Waals surface area contributed by atoms with E-state index in [1.165, 1.54) is 37.6 Å². The fourth-order valence-corrected chi connectivity index (χ4v) is 3.99. The van der Waals surface area contributed by atoms with Gasteiger partial charge < -0.3 is 14.8 Å². The van der Waals surface area contributed by atoms with Crippen molar-refractivity contribution in [3.8, 4) is 11.5 Å². The van der Waals surface area contributed by atoms with Gasteiger partial charge in [0.15, 0.2) is 11.5 Å². The lowest BCUT2D eigenvalue weighted by Crippen LogP contribution is -2.48. The molecule has 1 unspecified atom stereocenters. The van der Waals surface area contributed by atoms with Gasteiger partial charge in [-0.2, -0.15) is 5.10 Å². The molecule has 10 heteroatoms. The number of hydrazone groups is 1. The molecule has 0 spiro atoms. The van der Waals surface area contributed by atoms with E-state index in [-0.39, 0.29) is 11.5 Å². The monoisotopic (exact) mass is 589 g/mol. The van der Waals surface area contributed by atoms with Crippen molar-refractivity contribution in [3.05, 3.63) is 92.7 Å². The summed E-state index contributed by atoms with van der Waals surface area (Å²) in [6.45, 7) is 3.91. The zero-order valence-corrected chi connectivity index (χ0v) is 22.8. The summed E-state index contributed by atoms with van der Waals surface area (Å²) in [4.78, 5) is 25.2. The van der Waals surface area contributed by atoms with E-state index >= 15 is 0 Å². The zero-order valence-electron chi connectivity index (χ0n) is 20.4.